The predicted octanol–water partition coefficient (Wildman–Crippen LogP) is 6.29. The van der Waals surface area contributed by atoms with E-state index in [9.17, 15) is 13.2 Å². The third-order valence-electron chi connectivity index (χ3n) is 6.49. The van der Waals surface area contributed by atoms with Crippen molar-refractivity contribution in [2.75, 3.05) is 25.4 Å². The van der Waals surface area contributed by atoms with Crippen LogP contribution in [0, 0.1) is 0 Å². The number of rotatable bonds is 8. The molecular formula is C28H28BrN3O3S2. The molecule has 0 radical (unpaired) electrons. The number of carbonyl (C=O) groups excluding carboxylic acids is 1. The minimum Gasteiger partial charge on any atom is -0.354 e. The summed E-state index contributed by atoms with van der Waals surface area (Å²) < 4.78 is 28.3. The number of aromatic amines is 1. The van der Waals surface area contributed by atoms with E-state index in [-0.39, 0.29) is 10.8 Å². The molecule has 1 aromatic heterocycles. The van der Waals surface area contributed by atoms with Gasteiger partial charge in [0.05, 0.1) is 10.6 Å². The average Bonchev–Trinajstić information content (AvgIpc) is 3.30. The molecule has 4 aromatic rings. The van der Waals surface area contributed by atoms with E-state index in [0.29, 0.717) is 31.0 Å². The zero-order valence-electron chi connectivity index (χ0n) is 20.2. The standard InChI is InChI=1S/C28H28BrN3O3S2/c29-22-12-8-20(9-13-22)26-27(24-6-2-3-7-25(24)31-26)36-19-16-30-28(33)21-10-14-23(15-11-21)37(34,35)32-17-4-1-5-18-32/h2-3,6-15,31H,1,4-5,16-19H2,(H,30,33). The van der Waals surface area contributed by atoms with Crippen LogP contribution < -0.4 is 5.32 Å². The molecule has 2 N–H and O–H groups in total. The van der Waals surface area contributed by atoms with Crippen molar-refractivity contribution < 1.29 is 13.2 Å². The van der Waals surface area contributed by atoms with E-state index in [1.165, 1.54) is 16.4 Å². The number of benzene rings is 3. The molecule has 3 aromatic carbocycles. The van der Waals surface area contributed by atoms with Crippen LogP contribution in [0.25, 0.3) is 22.2 Å². The molecule has 6 nitrogen and oxygen atoms in total. The lowest BCUT2D eigenvalue weighted by Crippen LogP contribution is -2.35. The molecule has 1 amide bonds. The van der Waals surface area contributed by atoms with E-state index in [1.807, 2.05) is 24.3 Å². The number of para-hydroxylation sites is 1. The van der Waals surface area contributed by atoms with Crippen LogP contribution >= 0.6 is 27.7 Å². The van der Waals surface area contributed by atoms with Crippen molar-refractivity contribution >= 4 is 54.5 Å². The first-order valence-corrected chi connectivity index (χ1v) is 15.5. The fraction of sp³-hybridized carbons (Fsp3) is 0.250. The maximum Gasteiger partial charge on any atom is 0.251 e. The van der Waals surface area contributed by atoms with Gasteiger partial charge in [-0.3, -0.25) is 4.79 Å². The molecule has 5 rings (SSSR count). The van der Waals surface area contributed by atoms with Gasteiger partial charge in [0.15, 0.2) is 0 Å². The number of sulfonamides is 1. The van der Waals surface area contributed by atoms with Gasteiger partial charge in [0, 0.05) is 51.2 Å². The lowest BCUT2D eigenvalue weighted by Gasteiger charge is -2.25. The van der Waals surface area contributed by atoms with Gasteiger partial charge in [0.1, 0.15) is 0 Å². The Labute approximate surface area is 230 Å². The normalized spacial score (nSPS) is 14.6. The van der Waals surface area contributed by atoms with Gasteiger partial charge in [-0.05, 0) is 60.9 Å². The van der Waals surface area contributed by atoms with Gasteiger partial charge in [0.2, 0.25) is 10.0 Å². The Morgan fingerprint density at radius 3 is 2.38 bits per heavy atom. The second-order valence-electron chi connectivity index (χ2n) is 8.98. The van der Waals surface area contributed by atoms with Crippen LogP contribution in [0.5, 0.6) is 0 Å². The quantitative estimate of drug-likeness (QED) is 0.184. The number of halogens is 1. The molecule has 0 bridgehead atoms. The number of aromatic nitrogens is 1. The summed E-state index contributed by atoms with van der Waals surface area (Å²) >= 11 is 5.20. The van der Waals surface area contributed by atoms with Crippen molar-refractivity contribution in [3.8, 4) is 11.3 Å². The Kier molecular flexibility index (Phi) is 8.04. The van der Waals surface area contributed by atoms with Crippen LogP contribution in [0.2, 0.25) is 0 Å². The first kappa shape index (κ1) is 26.0. The van der Waals surface area contributed by atoms with Crippen LogP contribution in [0.3, 0.4) is 0 Å². The minimum atomic E-state index is -3.51. The Hall–Kier alpha value is -2.59. The van der Waals surface area contributed by atoms with Crippen molar-refractivity contribution in [2.24, 2.45) is 0 Å². The largest absolute Gasteiger partial charge is 0.354 e. The van der Waals surface area contributed by atoms with E-state index >= 15 is 0 Å². The highest BCUT2D eigenvalue weighted by Gasteiger charge is 2.26. The van der Waals surface area contributed by atoms with Crippen molar-refractivity contribution in [1.82, 2.24) is 14.6 Å². The van der Waals surface area contributed by atoms with Crippen LogP contribution in [-0.4, -0.2) is 49.0 Å². The van der Waals surface area contributed by atoms with Crippen molar-refractivity contribution in [1.29, 1.82) is 0 Å². The molecule has 37 heavy (non-hydrogen) atoms. The van der Waals surface area contributed by atoms with Gasteiger partial charge in [0.25, 0.3) is 5.91 Å². The maximum absolute atomic E-state index is 12.8. The Bertz CT molecular complexity index is 1490. The molecule has 9 heteroatoms. The fourth-order valence-electron chi connectivity index (χ4n) is 4.54. The first-order valence-electron chi connectivity index (χ1n) is 12.3. The molecule has 1 saturated heterocycles. The highest BCUT2D eigenvalue weighted by molar-refractivity contribution is 9.10. The zero-order valence-corrected chi connectivity index (χ0v) is 23.5. The summed E-state index contributed by atoms with van der Waals surface area (Å²) in [4.78, 5) is 17.6. The number of thioether (sulfide) groups is 1. The smallest absolute Gasteiger partial charge is 0.251 e. The molecule has 0 aliphatic carbocycles. The van der Waals surface area contributed by atoms with Gasteiger partial charge in [-0.2, -0.15) is 4.31 Å². The molecule has 0 atom stereocenters. The van der Waals surface area contributed by atoms with E-state index in [4.69, 9.17) is 0 Å². The monoisotopic (exact) mass is 597 g/mol. The summed E-state index contributed by atoms with van der Waals surface area (Å²) in [6.07, 6.45) is 2.84. The molecule has 2 heterocycles. The van der Waals surface area contributed by atoms with Crippen LogP contribution in [-0.2, 0) is 10.0 Å². The van der Waals surface area contributed by atoms with Crippen LogP contribution in [0.1, 0.15) is 29.6 Å². The Morgan fingerprint density at radius 1 is 0.946 bits per heavy atom. The van der Waals surface area contributed by atoms with E-state index < -0.39 is 10.0 Å². The Morgan fingerprint density at radius 2 is 1.65 bits per heavy atom. The molecule has 192 valence electrons. The summed E-state index contributed by atoms with van der Waals surface area (Å²) in [5.41, 5.74) is 3.69. The second-order valence-corrected chi connectivity index (χ2v) is 12.9. The summed E-state index contributed by atoms with van der Waals surface area (Å²) in [5.74, 6) is 0.480. The maximum atomic E-state index is 12.8. The number of hydrogen-bond acceptors (Lipinski definition) is 4. The summed E-state index contributed by atoms with van der Waals surface area (Å²) in [6.45, 7) is 1.60. The first-order chi connectivity index (χ1) is 17.9. The molecule has 1 aliphatic heterocycles. The SMILES string of the molecule is O=C(NCCSc1c(-c2ccc(Br)cc2)[nH]c2ccccc12)c1ccc(S(=O)(=O)N2CCCCC2)cc1. The van der Waals surface area contributed by atoms with Crippen LogP contribution in [0.15, 0.2) is 87.1 Å². The number of nitrogens with zero attached hydrogens (tertiary/aromatic N) is 1. The number of H-pyrrole nitrogens is 1. The summed E-state index contributed by atoms with van der Waals surface area (Å²) in [6, 6.07) is 22.7. The van der Waals surface area contributed by atoms with Gasteiger partial charge < -0.3 is 10.3 Å². The van der Waals surface area contributed by atoms with E-state index in [1.54, 1.807) is 23.9 Å². The molecule has 1 fully saturated rings. The Balaban J connectivity index is 1.22. The highest BCUT2D eigenvalue weighted by Crippen LogP contribution is 2.37. The van der Waals surface area contributed by atoms with Gasteiger partial charge in [-0.25, -0.2) is 8.42 Å². The molecule has 1 aliphatic rings. The highest BCUT2D eigenvalue weighted by atomic mass is 79.9. The lowest BCUT2D eigenvalue weighted by molar-refractivity contribution is 0.0956. The predicted molar refractivity (Wildman–Crippen MR) is 154 cm³/mol. The van der Waals surface area contributed by atoms with E-state index in [0.717, 1.165) is 50.8 Å². The lowest BCUT2D eigenvalue weighted by atomic mass is 10.1. The molecule has 0 unspecified atom stereocenters. The van der Waals surface area contributed by atoms with Crippen molar-refractivity contribution in [2.45, 2.75) is 29.1 Å². The summed E-state index contributed by atoms with van der Waals surface area (Å²) in [5, 5.41) is 4.12. The minimum absolute atomic E-state index is 0.213. The zero-order chi connectivity index (χ0) is 25.8. The number of amides is 1. The average molecular weight is 599 g/mol. The number of hydrogen-bond donors (Lipinski definition) is 2. The van der Waals surface area contributed by atoms with Crippen molar-refractivity contribution in [3.63, 3.8) is 0 Å². The van der Waals surface area contributed by atoms with Crippen LogP contribution in [0.4, 0.5) is 0 Å². The third-order valence-corrected chi connectivity index (χ3v) is 10.1. The van der Waals surface area contributed by atoms with Gasteiger partial charge in [-0.1, -0.05) is 52.7 Å². The third kappa shape index (κ3) is 5.80. The van der Waals surface area contributed by atoms with E-state index in [2.05, 4.69) is 50.5 Å². The fourth-order valence-corrected chi connectivity index (χ4v) is 7.37. The van der Waals surface area contributed by atoms with Crippen molar-refractivity contribution in [3.05, 3.63) is 82.8 Å². The molecule has 0 saturated carbocycles. The number of carbonyl (C=O) groups is 1. The number of piperidine rings is 1. The number of fused-ring (bicyclic) bond motifs is 1. The number of nitrogens with one attached hydrogen (secondary N) is 2. The topological polar surface area (TPSA) is 82.3 Å². The summed E-state index contributed by atoms with van der Waals surface area (Å²) in [7, 11) is -3.51. The van der Waals surface area contributed by atoms with Gasteiger partial charge in [-0.15, -0.1) is 11.8 Å². The second kappa shape index (κ2) is 11.4. The van der Waals surface area contributed by atoms with Gasteiger partial charge >= 0.3 is 0 Å². The molecule has 0 spiro atoms. The molecular weight excluding hydrogens is 570 g/mol.